The molecule has 34 heavy (non-hydrogen) atoms. The third-order valence-corrected chi connectivity index (χ3v) is 5.82. The highest BCUT2D eigenvalue weighted by Gasteiger charge is 2.25. The van der Waals surface area contributed by atoms with Gasteiger partial charge in [-0.25, -0.2) is 9.37 Å². The van der Waals surface area contributed by atoms with Gasteiger partial charge < -0.3 is 15.5 Å². The second-order valence-electron chi connectivity index (χ2n) is 7.99. The molecule has 0 bridgehead atoms. The number of benzene rings is 3. The molecule has 0 spiro atoms. The van der Waals surface area contributed by atoms with Crippen molar-refractivity contribution in [3.8, 4) is 0 Å². The molecule has 4 aromatic rings. The number of aromatic nitrogens is 1. The molecule has 0 saturated carbocycles. The normalized spacial score (nSPS) is 12.1. The van der Waals surface area contributed by atoms with Gasteiger partial charge in [0.15, 0.2) is 0 Å². The molecule has 0 aliphatic carbocycles. The SMILES string of the molecule is Cc1c(F)cccc1C(=O)Nc1ccc(C(=O)N2Cc3ccccc3Nc3ccccc32)cn1. The Hall–Kier alpha value is -4.52. The third kappa shape index (κ3) is 3.99. The van der Waals surface area contributed by atoms with Crippen molar-refractivity contribution in [3.63, 3.8) is 0 Å². The van der Waals surface area contributed by atoms with Crippen LogP contribution >= 0.6 is 0 Å². The summed E-state index contributed by atoms with van der Waals surface area (Å²) in [5.41, 5.74) is 4.43. The number of nitrogens with zero attached hydrogens (tertiary/aromatic N) is 2. The Kier molecular flexibility index (Phi) is 5.51. The highest BCUT2D eigenvalue weighted by molar-refractivity contribution is 6.09. The molecule has 5 rings (SSSR count). The molecular weight excluding hydrogens is 431 g/mol. The van der Waals surface area contributed by atoms with E-state index in [1.165, 1.54) is 18.3 Å². The zero-order valence-electron chi connectivity index (χ0n) is 18.4. The lowest BCUT2D eigenvalue weighted by molar-refractivity contribution is 0.0984. The number of hydrogen-bond donors (Lipinski definition) is 2. The standard InChI is InChI=1S/C27H21FN4O2/c1-17-20(8-6-9-21(17)28)26(33)31-25-14-13-18(15-29-25)27(34)32-16-19-7-2-3-10-22(19)30-23-11-4-5-12-24(23)32/h2-15,30H,16H2,1H3,(H,29,31,33). The minimum atomic E-state index is -0.465. The molecule has 2 N–H and O–H groups in total. The Morgan fingerprint density at radius 3 is 2.50 bits per heavy atom. The van der Waals surface area contributed by atoms with Gasteiger partial charge in [-0.3, -0.25) is 9.59 Å². The van der Waals surface area contributed by atoms with Gasteiger partial charge in [0.25, 0.3) is 11.8 Å². The molecule has 0 atom stereocenters. The number of anilines is 4. The summed E-state index contributed by atoms with van der Waals surface area (Å²) in [5.74, 6) is -0.853. The van der Waals surface area contributed by atoms with E-state index in [0.717, 1.165) is 22.6 Å². The maximum absolute atomic E-state index is 13.8. The summed E-state index contributed by atoms with van der Waals surface area (Å²) in [6.07, 6.45) is 1.43. The third-order valence-electron chi connectivity index (χ3n) is 5.82. The molecule has 1 aliphatic heterocycles. The first kappa shape index (κ1) is 21.3. The number of hydrogen-bond acceptors (Lipinski definition) is 4. The number of fused-ring (bicyclic) bond motifs is 2. The van der Waals surface area contributed by atoms with Crippen LogP contribution in [0.2, 0.25) is 0 Å². The van der Waals surface area contributed by atoms with Gasteiger partial charge in [0.1, 0.15) is 11.6 Å². The Morgan fingerprint density at radius 2 is 1.71 bits per heavy atom. The number of pyridine rings is 1. The van der Waals surface area contributed by atoms with Crippen LogP contribution in [0, 0.1) is 12.7 Å². The first-order valence-corrected chi connectivity index (χ1v) is 10.8. The van der Waals surface area contributed by atoms with E-state index in [1.54, 1.807) is 30.0 Å². The van der Waals surface area contributed by atoms with Gasteiger partial charge in [-0.2, -0.15) is 0 Å². The van der Waals surface area contributed by atoms with Crippen LogP contribution in [-0.2, 0) is 6.54 Å². The van der Waals surface area contributed by atoms with Crippen LogP contribution in [0.3, 0.4) is 0 Å². The van der Waals surface area contributed by atoms with Crippen molar-refractivity contribution in [3.05, 3.63) is 113 Å². The number of rotatable bonds is 3. The Bertz CT molecular complexity index is 1400. The number of para-hydroxylation sites is 3. The minimum absolute atomic E-state index is 0.211. The summed E-state index contributed by atoms with van der Waals surface area (Å²) in [5, 5.41) is 6.07. The van der Waals surface area contributed by atoms with Gasteiger partial charge in [-0.15, -0.1) is 0 Å². The predicted octanol–water partition coefficient (Wildman–Crippen LogP) is 5.69. The quantitative estimate of drug-likeness (QED) is 0.419. The average molecular weight is 452 g/mol. The lowest BCUT2D eigenvalue weighted by Gasteiger charge is -2.22. The van der Waals surface area contributed by atoms with Crippen molar-refractivity contribution in [1.29, 1.82) is 0 Å². The van der Waals surface area contributed by atoms with Crippen molar-refractivity contribution >= 4 is 34.7 Å². The number of carbonyl (C=O) groups is 2. The molecule has 7 heteroatoms. The van der Waals surface area contributed by atoms with E-state index < -0.39 is 11.7 Å². The fraction of sp³-hybridized carbons (Fsp3) is 0.0741. The van der Waals surface area contributed by atoms with Gasteiger partial charge in [0.2, 0.25) is 0 Å². The van der Waals surface area contributed by atoms with Crippen LogP contribution in [0.4, 0.5) is 27.3 Å². The summed E-state index contributed by atoms with van der Waals surface area (Å²) in [4.78, 5) is 32.0. The molecule has 2 heterocycles. The van der Waals surface area contributed by atoms with Gasteiger partial charge in [-0.1, -0.05) is 36.4 Å². The first-order valence-electron chi connectivity index (χ1n) is 10.8. The number of nitrogens with one attached hydrogen (secondary N) is 2. The first-order chi connectivity index (χ1) is 16.5. The molecule has 3 aromatic carbocycles. The fourth-order valence-corrected chi connectivity index (χ4v) is 3.96. The van der Waals surface area contributed by atoms with E-state index in [4.69, 9.17) is 0 Å². The average Bonchev–Trinajstić information content (AvgIpc) is 3.02. The van der Waals surface area contributed by atoms with Crippen LogP contribution in [-0.4, -0.2) is 16.8 Å². The predicted molar refractivity (Wildman–Crippen MR) is 130 cm³/mol. The maximum Gasteiger partial charge on any atom is 0.260 e. The van der Waals surface area contributed by atoms with Gasteiger partial charge in [0, 0.05) is 17.4 Å². The van der Waals surface area contributed by atoms with Crippen LogP contribution in [0.15, 0.2) is 85.1 Å². The van der Waals surface area contributed by atoms with Crippen molar-refractivity contribution in [1.82, 2.24) is 4.98 Å². The van der Waals surface area contributed by atoms with Gasteiger partial charge in [-0.05, 0) is 60.5 Å². The van der Waals surface area contributed by atoms with Crippen LogP contribution < -0.4 is 15.5 Å². The van der Waals surface area contributed by atoms with Crippen LogP contribution in [0.5, 0.6) is 0 Å². The zero-order valence-corrected chi connectivity index (χ0v) is 18.4. The van der Waals surface area contributed by atoms with E-state index in [9.17, 15) is 14.0 Å². The van der Waals surface area contributed by atoms with E-state index in [0.29, 0.717) is 12.1 Å². The summed E-state index contributed by atoms with van der Waals surface area (Å²) in [6, 6.07) is 23.0. The molecule has 0 unspecified atom stereocenters. The Morgan fingerprint density at radius 1 is 0.941 bits per heavy atom. The van der Waals surface area contributed by atoms with E-state index in [1.807, 2.05) is 48.5 Å². The summed E-state index contributed by atoms with van der Waals surface area (Å²) in [6.45, 7) is 1.95. The Labute approximate surface area is 196 Å². The highest BCUT2D eigenvalue weighted by Crippen LogP contribution is 2.36. The topological polar surface area (TPSA) is 74.3 Å². The molecule has 6 nitrogen and oxygen atoms in total. The zero-order chi connectivity index (χ0) is 23.7. The Balaban J connectivity index is 1.40. The molecule has 2 amide bonds. The summed E-state index contributed by atoms with van der Waals surface area (Å²) in [7, 11) is 0. The van der Waals surface area contributed by atoms with Crippen molar-refractivity contribution < 1.29 is 14.0 Å². The largest absolute Gasteiger partial charge is 0.354 e. The number of halogens is 1. The summed E-state index contributed by atoms with van der Waals surface area (Å²) >= 11 is 0. The lowest BCUT2D eigenvalue weighted by Crippen LogP contribution is -2.30. The van der Waals surface area contributed by atoms with Gasteiger partial charge >= 0.3 is 0 Å². The van der Waals surface area contributed by atoms with Crippen LogP contribution in [0.25, 0.3) is 0 Å². The molecule has 1 aromatic heterocycles. The van der Waals surface area contributed by atoms with Crippen LogP contribution in [0.1, 0.15) is 31.8 Å². The van der Waals surface area contributed by atoms with Crippen molar-refractivity contribution in [2.24, 2.45) is 0 Å². The molecular formula is C27H21FN4O2. The van der Waals surface area contributed by atoms with Gasteiger partial charge in [0.05, 0.1) is 23.5 Å². The highest BCUT2D eigenvalue weighted by atomic mass is 19.1. The monoisotopic (exact) mass is 452 g/mol. The molecule has 0 fully saturated rings. The maximum atomic E-state index is 13.8. The number of carbonyl (C=O) groups excluding carboxylic acids is 2. The number of amides is 2. The van der Waals surface area contributed by atoms with E-state index >= 15 is 0 Å². The molecule has 0 saturated heterocycles. The van der Waals surface area contributed by atoms with E-state index in [-0.39, 0.29) is 22.9 Å². The molecule has 168 valence electrons. The summed E-state index contributed by atoms with van der Waals surface area (Å²) < 4.78 is 13.8. The van der Waals surface area contributed by atoms with Crippen molar-refractivity contribution in [2.45, 2.75) is 13.5 Å². The fourth-order valence-electron chi connectivity index (χ4n) is 3.96. The smallest absolute Gasteiger partial charge is 0.260 e. The second kappa shape index (κ2) is 8.78. The molecule has 0 radical (unpaired) electrons. The van der Waals surface area contributed by atoms with Crippen molar-refractivity contribution in [2.75, 3.05) is 15.5 Å². The minimum Gasteiger partial charge on any atom is -0.354 e. The second-order valence-corrected chi connectivity index (χ2v) is 7.99. The lowest BCUT2D eigenvalue weighted by atomic mass is 10.1. The molecule has 1 aliphatic rings. The van der Waals surface area contributed by atoms with E-state index in [2.05, 4.69) is 15.6 Å².